The van der Waals surface area contributed by atoms with Crippen LogP contribution >= 0.6 is 0 Å². The Morgan fingerprint density at radius 3 is 2.70 bits per heavy atom. The van der Waals surface area contributed by atoms with Crippen molar-refractivity contribution in [1.82, 2.24) is 9.97 Å². The van der Waals surface area contributed by atoms with E-state index < -0.39 is 0 Å². The van der Waals surface area contributed by atoms with Gasteiger partial charge < -0.3 is 20.1 Å². The third-order valence-electron chi connectivity index (χ3n) is 5.34. The fourth-order valence-electron chi connectivity index (χ4n) is 3.88. The molecule has 0 saturated heterocycles. The highest BCUT2D eigenvalue weighted by Gasteiger charge is 2.29. The average molecular weight is 401 g/mol. The maximum Gasteiger partial charge on any atom is 0.229 e. The van der Waals surface area contributed by atoms with Crippen molar-refractivity contribution in [3.63, 3.8) is 0 Å². The van der Waals surface area contributed by atoms with Crippen LogP contribution in [0.15, 0.2) is 42.5 Å². The molecule has 2 aromatic carbocycles. The maximum atomic E-state index is 7.23. The summed E-state index contributed by atoms with van der Waals surface area (Å²) in [5, 5.41) is 6.47. The highest BCUT2D eigenvalue weighted by Crippen LogP contribution is 2.41. The summed E-state index contributed by atoms with van der Waals surface area (Å²) in [6, 6.07) is 13.5. The summed E-state index contributed by atoms with van der Waals surface area (Å²) in [4.78, 5) is 13.0. The molecule has 1 aromatic heterocycles. The topological polar surface area (TPSA) is 72.7 Å². The molecule has 30 heavy (non-hydrogen) atoms. The SMILES string of the molecule is [C-]#[N+]c1ccc(Nc2nc(NC)c3c(n2)[C@H](c2cccc(OC)c2)CC3)cc1OC. The molecule has 0 aliphatic heterocycles. The molecule has 3 aromatic rings. The smallest absolute Gasteiger partial charge is 0.229 e. The lowest BCUT2D eigenvalue weighted by atomic mass is 9.96. The Morgan fingerprint density at radius 2 is 1.97 bits per heavy atom. The number of nitrogens with one attached hydrogen (secondary N) is 2. The Balaban J connectivity index is 1.71. The first-order valence-corrected chi connectivity index (χ1v) is 9.71. The van der Waals surface area contributed by atoms with Gasteiger partial charge >= 0.3 is 0 Å². The molecular weight excluding hydrogens is 378 g/mol. The van der Waals surface area contributed by atoms with Crippen molar-refractivity contribution in [1.29, 1.82) is 0 Å². The van der Waals surface area contributed by atoms with E-state index in [-0.39, 0.29) is 5.92 Å². The van der Waals surface area contributed by atoms with Crippen LogP contribution in [-0.4, -0.2) is 31.2 Å². The summed E-state index contributed by atoms with van der Waals surface area (Å²) in [6.07, 6.45) is 1.89. The summed E-state index contributed by atoms with van der Waals surface area (Å²) in [6.45, 7) is 7.23. The molecule has 0 saturated carbocycles. The second-order valence-electron chi connectivity index (χ2n) is 7.00. The second kappa shape index (κ2) is 8.29. The molecule has 0 radical (unpaired) electrons. The van der Waals surface area contributed by atoms with E-state index in [9.17, 15) is 0 Å². The minimum Gasteiger partial charge on any atom is -0.508 e. The Labute approximate surface area is 175 Å². The van der Waals surface area contributed by atoms with Gasteiger partial charge in [0.05, 0.1) is 26.5 Å². The van der Waals surface area contributed by atoms with Gasteiger partial charge in [0.15, 0.2) is 0 Å². The van der Waals surface area contributed by atoms with Crippen LogP contribution in [0.2, 0.25) is 0 Å². The van der Waals surface area contributed by atoms with Crippen LogP contribution in [0.4, 0.5) is 23.1 Å². The van der Waals surface area contributed by atoms with Crippen molar-refractivity contribution < 1.29 is 9.47 Å². The van der Waals surface area contributed by atoms with E-state index in [1.807, 2.05) is 25.2 Å². The van der Waals surface area contributed by atoms with E-state index in [2.05, 4.69) is 32.6 Å². The van der Waals surface area contributed by atoms with E-state index in [0.717, 1.165) is 41.4 Å². The molecule has 2 N–H and O–H groups in total. The van der Waals surface area contributed by atoms with E-state index in [4.69, 9.17) is 21.0 Å². The standard InChI is InChI=1S/C23H23N5O2/c1-24-19-11-8-15(13-20(19)30-4)26-23-27-21-17(9-10-18(21)22(25-2)28-23)14-6-5-7-16(12-14)29-3/h5-8,11-13,17H,9-10H2,2-4H3,(H2,25,26,27,28)/t17-/m0/s1. The summed E-state index contributed by atoms with van der Waals surface area (Å²) in [5.41, 5.74) is 4.58. The molecule has 4 rings (SSSR count). The molecule has 0 unspecified atom stereocenters. The van der Waals surface area contributed by atoms with Crippen LogP contribution in [-0.2, 0) is 6.42 Å². The zero-order valence-electron chi connectivity index (χ0n) is 17.2. The maximum absolute atomic E-state index is 7.23. The highest BCUT2D eigenvalue weighted by atomic mass is 16.5. The van der Waals surface area contributed by atoms with Crippen LogP contribution < -0.4 is 20.1 Å². The first kappa shape index (κ1) is 19.5. The predicted molar refractivity (Wildman–Crippen MR) is 117 cm³/mol. The van der Waals surface area contributed by atoms with Gasteiger partial charge in [-0.3, -0.25) is 0 Å². The van der Waals surface area contributed by atoms with Gasteiger partial charge in [0, 0.05) is 24.2 Å². The summed E-state index contributed by atoms with van der Waals surface area (Å²) >= 11 is 0. The molecule has 0 amide bonds. The summed E-state index contributed by atoms with van der Waals surface area (Å²) < 4.78 is 10.7. The van der Waals surface area contributed by atoms with Gasteiger partial charge in [0.25, 0.3) is 0 Å². The highest BCUT2D eigenvalue weighted by molar-refractivity contribution is 5.67. The van der Waals surface area contributed by atoms with Gasteiger partial charge in [-0.15, -0.1) is 0 Å². The number of ether oxygens (including phenoxy) is 2. The average Bonchev–Trinajstić information content (AvgIpc) is 3.22. The zero-order chi connectivity index (χ0) is 21.1. The molecule has 7 nitrogen and oxygen atoms in total. The van der Waals surface area contributed by atoms with Gasteiger partial charge in [0.2, 0.25) is 11.6 Å². The number of fused-ring (bicyclic) bond motifs is 1. The Morgan fingerprint density at radius 1 is 1.10 bits per heavy atom. The van der Waals surface area contributed by atoms with Gasteiger partial charge in [0.1, 0.15) is 17.3 Å². The van der Waals surface area contributed by atoms with E-state index in [0.29, 0.717) is 17.4 Å². The van der Waals surface area contributed by atoms with Crippen molar-refractivity contribution >= 4 is 23.1 Å². The fourth-order valence-corrected chi connectivity index (χ4v) is 3.88. The van der Waals surface area contributed by atoms with Crippen LogP contribution in [0.25, 0.3) is 4.85 Å². The van der Waals surface area contributed by atoms with E-state index >= 15 is 0 Å². The molecule has 7 heteroatoms. The number of benzene rings is 2. The van der Waals surface area contributed by atoms with Crippen LogP contribution in [0.5, 0.6) is 11.5 Å². The lowest BCUT2D eigenvalue weighted by molar-refractivity contribution is 0.414. The number of aromatic nitrogens is 2. The predicted octanol–water partition coefficient (Wildman–Crippen LogP) is 4.91. The fraction of sp³-hybridized carbons (Fsp3) is 0.261. The van der Waals surface area contributed by atoms with Gasteiger partial charge in [-0.05, 0) is 42.7 Å². The normalized spacial score (nSPS) is 14.5. The number of hydrogen-bond donors (Lipinski definition) is 2. The van der Waals surface area contributed by atoms with Gasteiger partial charge in [-0.1, -0.05) is 18.2 Å². The first-order valence-electron chi connectivity index (χ1n) is 9.71. The number of rotatable bonds is 6. The molecule has 0 bridgehead atoms. The van der Waals surface area contributed by atoms with E-state index in [1.165, 1.54) is 5.56 Å². The van der Waals surface area contributed by atoms with Crippen molar-refractivity contribution in [3.8, 4) is 11.5 Å². The molecule has 1 heterocycles. The van der Waals surface area contributed by atoms with Gasteiger partial charge in [-0.25, -0.2) is 9.83 Å². The minimum absolute atomic E-state index is 0.185. The number of hydrogen-bond acceptors (Lipinski definition) is 6. The van der Waals surface area contributed by atoms with Crippen LogP contribution in [0, 0.1) is 6.57 Å². The van der Waals surface area contributed by atoms with Gasteiger partial charge in [-0.2, -0.15) is 4.98 Å². The minimum atomic E-state index is 0.185. The first-order chi connectivity index (χ1) is 14.7. The Bertz CT molecular complexity index is 1120. The summed E-state index contributed by atoms with van der Waals surface area (Å²) in [5.74, 6) is 2.88. The molecule has 1 aliphatic rings. The van der Waals surface area contributed by atoms with Crippen LogP contribution in [0.3, 0.4) is 0 Å². The molecular formula is C23H23N5O2. The van der Waals surface area contributed by atoms with Crippen LogP contribution in [0.1, 0.15) is 29.2 Å². The third kappa shape index (κ3) is 3.60. The molecule has 1 aliphatic carbocycles. The number of nitrogens with zero attached hydrogens (tertiary/aromatic N) is 3. The molecule has 0 spiro atoms. The Hall–Kier alpha value is -3.79. The zero-order valence-corrected chi connectivity index (χ0v) is 17.2. The molecule has 1 atom stereocenters. The quantitative estimate of drug-likeness (QED) is 0.572. The molecule has 152 valence electrons. The number of methoxy groups -OCH3 is 2. The lowest BCUT2D eigenvalue weighted by Gasteiger charge is -2.16. The Kier molecular flexibility index (Phi) is 5.40. The summed E-state index contributed by atoms with van der Waals surface area (Å²) in [7, 11) is 5.11. The van der Waals surface area contributed by atoms with Crippen molar-refractivity contribution in [2.45, 2.75) is 18.8 Å². The third-order valence-corrected chi connectivity index (χ3v) is 5.34. The monoisotopic (exact) mass is 401 g/mol. The van der Waals surface area contributed by atoms with Crippen molar-refractivity contribution in [2.75, 3.05) is 31.9 Å². The molecule has 0 fully saturated rings. The van der Waals surface area contributed by atoms with Crippen molar-refractivity contribution in [3.05, 3.63) is 70.7 Å². The van der Waals surface area contributed by atoms with Crippen molar-refractivity contribution in [2.24, 2.45) is 0 Å². The van der Waals surface area contributed by atoms with E-state index in [1.54, 1.807) is 26.4 Å². The second-order valence-corrected chi connectivity index (χ2v) is 7.00. The lowest BCUT2D eigenvalue weighted by Crippen LogP contribution is -2.08. The number of anilines is 3. The largest absolute Gasteiger partial charge is 0.508 e.